The molecule has 1 aromatic carbocycles. The molecule has 2 N–H and O–H groups in total. The molecule has 0 atom stereocenters. The summed E-state index contributed by atoms with van der Waals surface area (Å²) >= 11 is 6.10. The van der Waals surface area contributed by atoms with Crippen molar-refractivity contribution in [2.45, 2.75) is 26.4 Å². The Morgan fingerprint density at radius 2 is 2.00 bits per heavy atom. The molecule has 20 heavy (non-hydrogen) atoms. The summed E-state index contributed by atoms with van der Waals surface area (Å²) in [6, 6.07) is 6.57. The fourth-order valence-electron chi connectivity index (χ4n) is 1.93. The third-order valence-corrected chi connectivity index (χ3v) is 2.95. The Kier molecular flexibility index (Phi) is 3.82. The van der Waals surface area contributed by atoms with Gasteiger partial charge in [0.15, 0.2) is 0 Å². The quantitative estimate of drug-likeness (QED) is 0.786. The topological polar surface area (TPSA) is 71.7 Å². The van der Waals surface area contributed by atoms with Gasteiger partial charge in [0.05, 0.1) is 16.1 Å². The van der Waals surface area contributed by atoms with Gasteiger partial charge in [-0.1, -0.05) is 23.7 Å². The predicted molar refractivity (Wildman–Crippen MR) is 78.4 cm³/mol. The maximum Gasteiger partial charge on any atom is 0.506 e. The van der Waals surface area contributed by atoms with Crippen molar-refractivity contribution >= 4 is 41.3 Å². The van der Waals surface area contributed by atoms with E-state index in [1.165, 1.54) is 6.07 Å². The molecule has 0 saturated heterocycles. The van der Waals surface area contributed by atoms with Gasteiger partial charge in [-0.25, -0.2) is 4.79 Å². The van der Waals surface area contributed by atoms with Gasteiger partial charge >= 0.3 is 13.2 Å². The Labute approximate surface area is 121 Å². The third-order valence-electron chi connectivity index (χ3n) is 2.64. The molecule has 0 amide bonds. The first-order valence-electron chi connectivity index (χ1n) is 6.10. The van der Waals surface area contributed by atoms with Crippen molar-refractivity contribution in [1.82, 2.24) is 4.57 Å². The van der Waals surface area contributed by atoms with Crippen molar-refractivity contribution in [3.63, 3.8) is 0 Å². The van der Waals surface area contributed by atoms with Crippen LogP contribution in [0.5, 0.6) is 0 Å². The van der Waals surface area contributed by atoms with Crippen LogP contribution in [0.3, 0.4) is 0 Å². The first kappa shape index (κ1) is 14.9. The van der Waals surface area contributed by atoms with Gasteiger partial charge in [0, 0.05) is 5.39 Å². The Balaban J connectivity index is 2.65. The summed E-state index contributed by atoms with van der Waals surface area (Å²) in [5.74, 6) is 0. The van der Waals surface area contributed by atoms with E-state index >= 15 is 0 Å². The average molecular weight is 296 g/mol. The fraction of sp³-hybridized carbons (Fsp3) is 0.308. The first-order chi connectivity index (χ1) is 9.20. The number of rotatable bonds is 1. The molecule has 1 heterocycles. The van der Waals surface area contributed by atoms with E-state index in [4.69, 9.17) is 16.3 Å². The number of para-hydroxylation sites is 1. The predicted octanol–water partition coefficient (Wildman–Crippen LogP) is 1.76. The Morgan fingerprint density at radius 3 is 2.55 bits per heavy atom. The fourth-order valence-corrected chi connectivity index (χ4v) is 2.20. The molecule has 0 unspecified atom stereocenters. The summed E-state index contributed by atoms with van der Waals surface area (Å²) in [6.07, 6.45) is -0.705. The molecule has 0 bridgehead atoms. The highest BCUT2D eigenvalue weighted by Gasteiger charge is 2.27. The number of halogens is 1. The van der Waals surface area contributed by atoms with Crippen LogP contribution in [0.15, 0.2) is 24.3 Å². The molecular weight excluding hydrogens is 280 g/mol. The second kappa shape index (κ2) is 5.12. The van der Waals surface area contributed by atoms with Gasteiger partial charge in [-0.2, -0.15) is 0 Å². The molecule has 0 aliphatic rings. The minimum atomic E-state index is -1.80. The van der Waals surface area contributed by atoms with Crippen molar-refractivity contribution in [2.75, 3.05) is 0 Å². The van der Waals surface area contributed by atoms with E-state index in [-0.39, 0.29) is 5.59 Å². The zero-order valence-corrected chi connectivity index (χ0v) is 12.2. The van der Waals surface area contributed by atoms with Crippen LogP contribution in [0.4, 0.5) is 4.79 Å². The molecular formula is C13H15BClNO4. The summed E-state index contributed by atoms with van der Waals surface area (Å²) in [7, 11) is -1.80. The lowest BCUT2D eigenvalue weighted by Crippen LogP contribution is -2.41. The maximum atomic E-state index is 12.3. The number of benzene rings is 1. The lowest BCUT2D eigenvalue weighted by molar-refractivity contribution is 0.0547. The summed E-state index contributed by atoms with van der Waals surface area (Å²) in [5, 5.41) is 19.8. The minimum Gasteiger partial charge on any atom is -0.443 e. The standard InChI is InChI=1S/C13H15BClNO4/c1-13(2,3)20-12(17)16-10(14(18)19)7-8-5-4-6-9(15)11(8)16/h4-7,18-19H,1-3H3. The van der Waals surface area contributed by atoms with E-state index in [1.54, 1.807) is 39.0 Å². The minimum absolute atomic E-state index is 0.0161. The third kappa shape index (κ3) is 2.82. The number of aromatic nitrogens is 1. The van der Waals surface area contributed by atoms with Crippen LogP contribution in [0.2, 0.25) is 5.02 Å². The van der Waals surface area contributed by atoms with Crippen molar-refractivity contribution in [3.8, 4) is 0 Å². The van der Waals surface area contributed by atoms with Gasteiger partial charge in [0.2, 0.25) is 0 Å². The molecule has 0 saturated carbocycles. The second-order valence-electron chi connectivity index (χ2n) is 5.44. The Hall–Kier alpha value is -1.50. The average Bonchev–Trinajstić information content (AvgIpc) is 2.67. The molecule has 2 rings (SSSR count). The number of hydrogen-bond donors (Lipinski definition) is 2. The largest absolute Gasteiger partial charge is 0.506 e. The van der Waals surface area contributed by atoms with Gasteiger partial charge in [-0.15, -0.1) is 0 Å². The number of nitrogens with zero attached hydrogens (tertiary/aromatic N) is 1. The SMILES string of the molecule is CC(C)(C)OC(=O)n1c(B(O)O)cc2cccc(Cl)c21. The number of ether oxygens (including phenoxy) is 1. The molecule has 7 heteroatoms. The van der Waals surface area contributed by atoms with E-state index < -0.39 is 18.8 Å². The molecule has 0 radical (unpaired) electrons. The van der Waals surface area contributed by atoms with E-state index in [2.05, 4.69) is 0 Å². The van der Waals surface area contributed by atoms with Crippen molar-refractivity contribution in [3.05, 3.63) is 29.3 Å². The second-order valence-corrected chi connectivity index (χ2v) is 5.84. The van der Waals surface area contributed by atoms with Crippen LogP contribution >= 0.6 is 11.6 Å². The molecule has 1 aromatic heterocycles. The van der Waals surface area contributed by atoms with Crippen molar-refractivity contribution in [1.29, 1.82) is 0 Å². The summed E-state index contributed by atoms with van der Waals surface area (Å²) in [6.45, 7) is 5.19. The van der Waals surface area contributed by atoms with E-state index in [0.717, 1.165) is 4.57 Å². The van der Waals surface area contributed by atoms with Crippen molar-refractivity contribution in [2.24, 2.45) is 0 Å². The zero-order valence-electron chi connectivity index (χ0n) is 11.4. The zero-order chi connectivity index (χ0) is 15.1. The summed E-state index contributed by atoms with van der Waals surface area (Å²) in [5.41, 5.74) is -0.291. The normalized spacial score (nSPS) is 11.7. The summed E-state index contributed by atoms with van der Waals surface area (Å²) in [4.78, 5) is 12.3. The number of carbonyl (C=O) groups is 1. The van der Waals surface area contributed by atoms with E-state index in [9.17, 15) is 14.8 Å². The first-order valence-corrected chi connectivity index (χ1v) is 6.48. The Morgan fingerprint density at radius 1 is 1.35 bits per heavy atom. The highest BCUT2D eigenvalue weighted by Crippen LogP contribution is 2.24. The molecule has 0 fully saturated rings. The van der Waals surface area contributed by atoms with Gasteiger partial charge in [-0.05, 0) is 32.9 Å². The van der Waals surface area contributed by atoms with Gasteiger partial charge < -0.3 is 14.8 Å². The monoisotopic (exact) mass is 295 g/mol. The highest BCUT2D eigenvalue weighted by molar-refractivity contribution is 6.59. The number of fused-ring (bicyclic) bond motifs is 1. The maximum absolute atomic E-state index is 12.3. The van der Waals surface area contributed by atoms with Crippen LogP contribution in [0, 0.1) is 0 Å². The number of carbonyl (C=O) groups excluding carboxylic acids is 1. The van der Waals surface area contributed by atoms with Gasteiger partial charge in [0.1, 0.15) is 5.60 Å². The van der Waals surface area contributed by atoms with E-state index in [0.29, 0.717) is 15.9 Å². The van der Waals surface area contributed by atoms with Crippen LogP contribution < -0.4 is 5.59 Å². The molecule has 0 aliphatic heterocycles. The molecule has 106 valence electrons. The van der Waals surface area contributed by atoms with E-state index in [1.807, 2.05) is 0 Å². The van der Waals surface area contributed by atoms with Crippen LogP contribution in [0.25, 0.3) is 10.9 Å². The van der Waals surface area contributed by atoms with Crippen LogP contribution in [0.1, 0.15) is 20.8 Å². The lowest BCUT2D eigenvalue weighted by atomic mass is 9.86. The lowest BCUT2D eigenvalue weighted by Gasteiger charge is -2.21. The number of hydrogen-bond acceptors (Lipinski definition) is 4. The summed E-state index contributed by atoms with van der Waals surface area (Å²) < 4.78 is 6.37. The van der Waals surface area contributed by atoms with Crippen molar-refractivity contribution < 1.29 is 19.6 Å². The van der Waals surface area contributed by atoms with Crippen LogP contribution in [-0.4, -0.2) is 33.4 Å². The molecule has 0 spiro atoms. The van der Waals surface area contributed by atoms with Gasteiger partial charge in [0.25, 0.3) is 0 Å². The Bertz CT molecular complexity index is 660. The highest BCUT2D eigenvalue weighted by atomic mass is 35.5. The van der Waals surface area contributed by atoms with Crippen LogP contribution in [-0.2, 0) is 4.74 Å². The smallest absolute Gasteiger partial charge is 0.443 e. The molecule has 5 nitrogen and oxygen atoms in total. The van der Waals surface area contributed by atoms with Gasteiger partial charge in [-0.3, -0.25) is 4.57 Å². The molecule has 0 aliphatic carbocycles. The molecule has 2 aromatic rings.